The quantitative estimate of drug-likeness (QED) is 0.462. The van der Waals surface area contributed by atoms with Crippen LogP contribution in [-0.4, -0.2) is 38.3 Å². The van der Waals surface area contributed by atoms with Gasteiger partial charge in [-0.25, -0.2) is 0 Å². The molecule has 0 aromatic heterocycles. The third kappa shape index (κ3) is 3.42. The lowest BCUT2D eigenvalue weighted by atomic mass is 9.48. The summed E-state index contributed by atoms with van der Waals surface area (Å²) < 4.78 is 16.5. The van der Waals surface area contributed by atoms with Crippen LogP contribution in [0.2, 0.25) is 0 Å². The van der Waals surface area contributed by atoms with Crippen LogP contribution in [0.4, 0.5) is 0 Å². The standard InChI is InChI=1S/C29H38O5/c1-28-10-8-20(30)16-19(28)6-7-21-22(28)9-11-29(2)23(21)15-18(27(29)31)12-17-13-24(32-3)26(34-5)25(14-17)33-4/h6,12-14,20-23,30H,7-11,15-16H2,1-5H3/t20-,21+,22-,23-,28-,29-/m0/s1. The van der Waals surface area contributed by atoms with Gasteiger partial charge in [0.05, 0.1) is 27.4 Å². The summed E-state index contributed by atoms with van der Waals surface area (Å²) in [7, 11) is 4.82. The number of fused-ring (bicyclic) bond motifs is 5. The van der Waals surface area contributed by atoms with Crippen LogP contribution in [0.3, 0.4) is 0 Å². The molecule has 4 aliphatic carbocycles. The zero-order chi connectivity index (χ0) is 24.3. The Morgan fingerprint density at radius 1 is 0.941 bits per heavy atom. The molecular formula is C29H38O5. The lowest BCUT2D eigenvalue weighted by Crippen LogP contribution is -2.50. The summed E-state index contributed by atoms with van der Waals surface area (Å²) in [5.74, 6) is 3.56. The fraction of sp³-hybridized carbons (Fsp3) is 0.621. The van der Waals surface area contributed by atoms with Crippen molar-refractivity contribution in [3.63, 3.8) is 0 Å². The van der Waals surface area contributed by atoms with Crippen LogP contribution in [0.15, 0.2) is 29.4 Å². The molecule has 5 rings (SSSR count). The number of benzene rings is 1. The van der Waals surface area contributed by atoms with Crippen LogP contribution in [0.5, 0.6) is 17.2 Å². The summed E-state index contributed by atoms with van der Waals surface area (Å²) in [4.78, 5) is 13.8. The van der Waals surface area contributed by atoms with E-state index in [0.717, 1.165) is 56.1 Å². The number of ether oxygens (including phenoxy) is 3. The molecule has 0 bridgehead atoms. The molecule has 0 heterocycles. The second-order valence-electron chi connectivity index (χ2n) is 11.3. The third-order valence-corrected chi connectivity index (χ3v) is 9.75. The maximum atomic E-state index is 13.8. The predicted molar refractivity (Wildman–Crippen MR) is 132 cm³/mol. The highest BCUT2D eigenvalue weighted by Gasteiger charge is 2.59. The van der Waals surface area contributed by atoms with E-state index in [-0.39, 0.29) is 16.9 Å². The first-order valence-electron chi connectivity index (χ1n) is 12.7. The van der Waals surface area contributed by atoms with Crippen molar-refractivity contribution in [3.8, 4) is 17.2 Å². The highest BCUT2D eigenvalue weighted by molar-refractivity contribution is 6.06. The molecule has 5 nitrogen and oxygen atoms in total. The summed E-state index contributed by atoms with van der Waals surface area (Å²) in [6.07, 6.45) is 11.0. The average Bonchev–Trinajstić information content (AvgIpc) is 3.08. The topological polar surface area (TPSA) is 65.0 Å². The van der Waals surface area contributed by atoms with E-state index in [1.54, 1.807) is 21.3 Å². The Kier molecular flexibility index (Phi) is 5.83. The molecule has 1 aromatic rings. The number of Topliss-reactive ketones (excluding diaryl/α,β-unsaturated/α-hetero) is 1. The van der Waals surface area contributed by atoms with E-state index in [9.17, 15) is 9.90 Å². The predicted octanol–water partition coefficient (Wildman–Crippen LogP) is 5.60. The Morgan fingerprint density at radius 3 is 2.26 bits per heavy atom. The van der Waals surface area contributed by atoms with Crippen LogP contribution in [-0.2, 0) is 4.79 Å². The Balaban J connectivity index is 1.48. The van der Waals surface area contributed by atoms with E-state index in [0.29, 0.717) is 40.8 Å². The van der Waals surface area contributed by atoms with E-state index in [2.05, 4.69) is 19.9 Å². The van der Waals surface area contributed by atoms with Crippen LogP contribution in [0.25, 0.3) is 6.08 Å². The molecule has 4 aliphatic rings. The van der Waals surface area contributed by atoms with Gasteiger partial charge in [-0.1, -0.05) is 25.5 Å². The second-order valence-corrected chi connectivity index (χ2v) is 11.3. The fourth-order valence-corrected chi connectivity index (χ4v) is 7.83. The van der Waals surface area contributed by atoms with Gasteiger partial charge in [-0.3, -0.25) is 4.79 Å². The molecule has 1 N–H and O–H groups in total. The van der Waals surface area contributed by atoms with Crippen LogP contribution >= 0.6 is 0 Å². The monoisotopic (exact) mass is 466 g/mol. The van der Waals surface area contributed by atoms with Crippen molar-refractivity contribution in [1.82, 2.24) is 0 Å². The number of aliphatic hydroxyl groups is 1. The van der Waals surface area contributed by atoms with Crippen molar-refractivity contribution < 1.29 is 24.1 Å². The van der Waals surface area contributed by atoms with E-state index >= 15 is 0 Å². The molecule has 1 aromatic carbocycles. The number of carbonyl (C=O) groups is 1. The number of hydrogen-bond donors (Lipinski definition) is 1. The van der Waals surface area contributed by atoms with E-state index in [4.69, 9.17) is 14.2 Å². The molecule has 3 fully saturated rings. The molecule has 3 saturated carbocycles. The van der Waals surface area contributed by atoms with Crippen LogP contribution in [0, 0.1) is 28.6 Å². The average molecular weight is 467 g/mol. The van der Waals surface area contributed by atoms with Gasteiger partial charge in [0.15, 0.2) is 17.3 Å². The molecule has 34 heavy (non-hydrogen) atoms. The van der Waals surface area contributed by atoms with Gasteiger partial charge in [0.1, 0.15) is 0 Å². The summed E-state index contributed by atoms with van der Waals surface area (Å²) >= 11 is 0. The zero-order valence-electron chi connectivity index (χ0n) is 21.1. The number of ketones is 1. The third-order valence-electron chi connectivity index (χ3n) is 9.75. The van der Waals surface area contributed by atoms with Gasteiger partial charge in [-0.15, -0.1) is 0 Å². The maximum absolute atomic E-state index is 13.8. The summed E-state index contributed by atoms with van der Waals surface area (Å²) in [5, 5.41) is 10.2. The first-order chi connectivity index (χ1) is 16.2. The fourth-order valence-electron chi connectivity index (χ4n) is 7.83. The van der Waals surface area contributed by atoms with E-state index < -0.39 is 0 Å². The summed E-state index contributed by atoms with van der Waals surface area (Å²) in [6, 6.07) is 3.83. The minimum absolute atomic E-state index is 0.176. The molecule has 5 heteroatoms. The number of hydrogen-bond acceptors (Lipinski definition) is 5. The first kappa shape index (κ1) is 23.5. The first-order valence-corrected chi connectivity index (χ1v) is 12.7. The van der Waals surface area contributed by atoms with Crippen molar-refractivity contribution in [2.75, 3.05) is 21.3 Å². The van der Waals surface area contributed by atoms with Crippen molar-refractivity contribution >= 4 is 11.9 Å². The minimum Gasteiger partial charge on any atom is -0.493 e. The lowest BCUT2D eigenvalue weighted by molar-refractivity contribution is -0.130. The van der Waals surface area contributed by atoms with Crippen molar-refractivity contribution in [2.24, 2.45) is 28.6 Å². The minimum atomic E-state index is -0.288. The Morgan fingerprint density at radius 2 is 1.62 bits per heavy atom. The molecule has 0 saturated heterocycles. The van der Waals surface area contributed by atoms with Gasteiger partial charge < -0.3 is 19.3 Å². The van der Waals surface area contributed by atoms with Gasteiger partial charge >= 0.3 is 0 Å². The van der Waals surface area contributed by atoms with E-state index in [1.807, 2.05) is 18.2 Å². The number of rotatable bonds is 4. The zero-order valence-corrected chi connectivity index (χ0v) is 21.1. The molecule has 0 amide bonds. The molecule has 6 atom stereocenters. The Hall–Kier alpha value is -2.27. The number of aliphatic hydroxyl groups excluding tert-OH is 1. The van der Waals surface area contributed by atoms with Gasteiger partial charge in [-0.05, 0) is 97.5 Å². The Bertz CT molecular complexity index is 1030. The Labute approximate surface area is 203 Å². The normalized spacial score (nSPS) is 38.0. The van der Waals surface area contributed by atoms with Gasteiger partial charge in [0.2, 0.25) is 5.75 Å². The molecule has 0 radical (unpaired) electrons. The number of allylic oxidation sites excluding steroid dienone is 2. The van der Waals surface area contributed by atoms with E-state index in [1.165, 1.54) is 5.57 Å². The second kappa shape index (κ2) is 8.44. The van der Waals surface area contributed by atoms with Crippen LogP contribution in [0.1, 0.15) is 64.4 Å². The summed E-state index contributed by atoms with van der Waals surface area (Å²) in [6.45, 7) is 4.63. The molecule has 0 aliphatic heterocycles. The van der Waals surface area contributed by atoms with Crippen molar-refractivity contribution in [1.29, 1.82) is 0 Å². The molecular weight excluding hydrogens is 428 g/mol. The van der Waals surface area contributed by atoms with Crippen molar-refractivity contribution in [2.45, 2.75) is 64.9 Å². The summed E-state index contributed by atoms with van der Waals surface area (Å²) in [5.41, 5.74) is 3.17. The maximum Gasteiger partial charge on any atom is 0.203 e. The van der Waals surface area contributed by atoms with Crippen molar-refractivity contribution in [3.05, 3.63) is 34.9 Å². The highest BCUT2D eigenvalue weighted by atomic mass is 16.5. The van der Waals surface area contributed by atoms with Gasteiger partial charge in [0, 0.05) is 5.41 Å². The SMILES string of the molecule is COc1cc(C=C2C[C@H]3[C@@H]4CC=C5C[C@@H](O)CC[C@]5(C)[C@H]4CC[C@]3(C)C2=O)cc(OC)c1OC. The largest absolute Gasteiger partial charge is 0.493 e. The van der Waals surface area contributed by atoms with Gasteiger partial charge in [-0.2, -0.15) is 0 Å². The molecule has 0 unspecified atom stereocenters. The molecule has 184 valence electrons. The molecule has 0 spiro atoms. The van der Waals surface area contributed by atoms with Gasteiger partial charge in [0.25, 0.3) is 0 Å². The highest BCUT2D eigenvalue weighted by Crippen LogP contribution is 2.64. The smallest absolute Gasteiger partial charge is 0.203 e. The lowest BCUT2D eigenvalue weighted by Gasteiger charge is -2.56. The number of methoxy groups -OCH3 is 3. The number of carbonyl (C=O) groups excluding carboxylic acids is 1. The van der Waals surface area contributed by atoms with Crippen LogP contribution < -0.4 is 14.2 Å².